The van der Waals surface area contributed by atoms with Crippen LogP contribution in [0.3, 0.4) is 0 Å². The van der Waals surface area contributed by atoms with E-state index >= 15 is 0 Å². The molecule has 0 bridgehead atoms. The number of ether oxygens (including phenoxy) is 1. The number of halogens is 1. The van der Waals surface area contributed by atoms with Crippen molar-refractivity contribution in [2.45, 2.75) is 65.6 Å². The van der Waals surface area contributed by atoms with Gasteiger partial charge in [0, 0.05) is 50.9 Å². The zero-order chi connectivity index (χ0) is 29.3. The smallest absolute Gasteiger partial charge is 0.318 e. The molecule has 1 unspecified atom stereocenters. The maximum atomic E-state index is 8.57. The Hall–Kier alpha value is -2.70. The highest BCUT2D eigenvalue weighted by Gasteiger charge is 2.35. The van der Waals surface area contributed by atoms with Gasteiger partial charge in [0.15, 0.2) is 0 Å². The lowest BCUT2D eigenvalue weighted by atomic mass is 10.1. The molecule has 1 N–H and O–H groups in total. The van der Waals surface area contributed by atoms with Crippen LogP contribution in [0.15, 0.2) is 24.3 Å². The Bertz CT molecular complexity index is 1060. The number of aryl methyl sites for hydroxylation is 1. The van der Waals surface area contributed by atoms with E-state index in [-0.39, 0.29) is 5.75 Å². The van der Waals surface area contributed by atoms with Gasteiger partial charge in [-0.25, -0.2) is 0 Å². The van der Waals surface area contributed by atoms with Crippen LogP contribution >= 0.6 is 11.6 Å². The average Bonchev–Trinajstić information content (AvgIpc) is 3.75. The molecule has 0 saturated carbocycles. The maximum absolute atomic E-state index is 8.57. The summed E-state index contributed by atoms with van der Waals surface area (Å²) in [6, 6.07) is 9.86. The summed E-state index contributed by atoms with van der Waals surface area (Å²) < 4.78 is 5.40. The molecule has 3 aliphatic heterocycles. The molecule has 2 aromatic rings. The first kappa shape index (κ1) is 33.5. The summed E-state index contributed by atoms with van der Waals surface area (Å²) in [5, 5.41) is 3.42. The second-order valence-corrected chi connectivity index (χ2v) is 9.92. The van der Waals surface area contributed by atoms with E-state index in [1.54, 1.807) is 14.0 Å². The van der Waals surface area contributed by atoms with Crippen molar-refractivity contribution < 1.29 is 9.53 Å². The Morgan fingerprint density at radius 1 is 1.10 bits per heavy atom. The van der Waals surface area contributed by atoms with E-state index in [1.807, 2.05) is 13.8 Å². The zero-order valence-electron chi connectivity index (χ0n) is 25.0. The van der Waals surface area contributed by atoms with Gasteiger partial charge in [-0.2, -0.15) is 9.97 Å². The number of anilines is 1. The fourth-order valence-electron chi connectivity index (χ4n) is 5.48. The van der Waals surface area contributed by atoms with Crippen molar-refractivity contribution in [2.24, 2.45) is 0 Å². The lowest BCUT2D eigenvalue weighted by Gasteiger charge is -2.30. The molecule has 4 heterocycles. The molecule has 8 nitrogen and oxygen atoms in total. The second kappa shape index (κ2) is 18.6. The third kappa shape index (κ3) is 9.45. The van der Waals surface area contributed by atoms with Crippen LogP contribution in [0.4, 0.5) is 5.82 Å². The molecule has 2 saturated heterocycles. The molecule has 1 atom stereocenters. The summed E-state index contributed by atoms with van der Waals surface area (Å²) in [5.74, 6) is 3.54. The fourth-order valence-corrected chi connectivity index (χ4v) is 5.48. The van der Waals surface area contributed by atoms with Gasteiger partial charge >= 0.3 is 6.01 Å². The van der Waals surface area contributed by atoms with E-state index < -0.39 is 0 Å². The van der Waals surface area contributed by atoms with Gasteiger partial charge in [0.1, 0.15) is 5.82 Å². The highest BCUT2D eigenvalue weighted by atomic mass is 35.5. The number of piperazine rings is 1. The highest BCUT2D eigenvalue weighted by molar-refractivity contribution is 6.54. The number of methoxy groups -OCH3 is 1. The van der Waals surface area contributed by atoms with Gasteiger partial charge in [-0.15, -0.1) is 12.3 Å². The van der Waals surface area contributed by atoms with Gasteiger partial charge in [0.2, 0.25) is 5.75 Å². The van der Waals surface area contributed by atoms with Crippen LogP contribution < -0.4 is 15.0 Å². The molecule has 1 aromatic carbocycles. The monoisotopic (exact) mass is 570 g/mol. The predicted molar refractivity (Wildman–Crippen MR) is 166 cm³/mol. The number of carbonyl (C=O) groups excluding carboxylic acids is 1. The molecule has 9 heteroatoms. The number of terminal acetylenes is 1. The second-order valence-electron chi connectivity index (χ2n) is 9.74. The maximum Gasteiger partial charge on any atom is 0.318 e. The van der Waals surface area contributed by atoms with Crippen molar-refractivity contribution in [3.63, 3.8) is 0 Å². The number of rotatable bonds is 3. The first-order valence-corrected chi connectivity index (χ1v) is 14.8. The van der Waals surface area contributed by atoms with Crippen molar-refractivity contribution in [2.75, 3.05) is 58.3 Å². The van der Waals surface area contributed by atoms with Crippen LogP contribution in [0.2, 0.25) is 0 Å². The summed E-state index contributed by atoms with van der Waals surface area (Å²) in [6.45, 7) is 14.1. The molecular weight excluding hydrogens is 524 g/mol. The Kier molecular flexibility index (Phi) is 15.6. The number of nitrogens with one attached hydrogen (secondary N) is 1. The summed E-state index contributed by atoms with van der Waals surface area (Å²) in [6.07, 6.45) is 9.79. The van der Waals surface area contributed by atoms with E-state index in [2.05, 4.69) is 80.3 Å². The van der Waals surface area contributed by atoms with Gasteiger partial charge in [-0.3, -0.25) is 9.69 Å². The van der Waals surface area contributed by atoms with Crippen LogP contribution in [-0.2, 0) is 24.3 Å². The molecular formula is C31H47ClN6O2. The highest BCUT2D eigenvalue weighted by Crippen LogP contribution is 2.41. The Balaban J connectivity index is 0.000000335. The van der Waals surface area contributed by atoms with Crippen molar-refractivity contribution in [3.8, 4) is 18.4 Å². The molecule has 40 heavy (non-hydrogen) atoms. The van der Waals surface area contributed by atoms with Gasteiger partial charge in [-0.05, 0) is 75.5 Å². The van der Waals surface area contributed by atoms with E-state index in [0.717, 1.165) is 50.8 Å². The Morgan fingerprint density at radius 3 is 2.30 bits per heavy atom. The molecule has 0 radical (unpaired) electrons. The first-order valence-electron chi connectivity index (χ1n) is 14.4. The fraction of sp³-hybridized carbons (Fsp3) is 0.581. The Morgan fingerprint density at radius 2 is 1.73 bits per heavy atom. The van der Waals surface area contributed by atoms with E-state index in [0.29, 0.717) is 12.1 Å². The summed E-state index contributed by atoms with van der Waals surface area (Å²) in [5.41, 5.74) is 5.41. The number of aromatic nitrogens is 2. The topological polar surface area (TPSA) is 73.8 Å². The van der Waals surface area contributed by atoms with Crippen LogP contribution in [0.25, 0.3) is 0 Å². The number of benzene rings is 1. The lowest BCUT2D eigenvalue weighted by Crippen LogP contribution is -2.44. The van der Waals surface area contributed by atoms with Gasteiger partial charge in [-0.1, -0.05) is 38.1 Å². The minimum absolute atomic E-state index is 0.222. The van der Waals surface area contributed by atoms with Gasteiger partial charge in [0.05, 0.1) is 12.8 Å². The number of carbonyl (C=O) groups is 1. The van der Waals surface area contributed by atoms with Crippen LogP contribution in [0.1, 0.15) is 68.5 Å². The van der Waals surface area contributed by atoms with E-state index in [9.17, 15) is 0 Å². The molecule has 2 fully saturated rings. The molecule has 1 aromatic heterocycles. The van der Waals surface area contributed by atoms with Crippen molar-refractivity contribution in [3.05, 3.63) is 46.6 Å². The summed E-state index contributed by atoms with van der Waals surface area (Å²) >= 11 is 4.32. The number of hydrogen-bond donors (Lipinski definition) is 1. The van der Waals surface area contributed by atoms with Crippen LogP contribution in [0.5, 0.6) is 6.01 Å². The summed E-state index contributed by atoms with van der Waals surface area (Å²) in [4.78, 5) is 25.3. The van der Waals surface area contributed by atoms with Crippen LogP contribution in [0, 0.1) is 12.3 Å². The standard InChI is InChI=1S/C20H25N5O.C5H11N.C3H4.C2H6.CHClO/c1-26-20-22-17-13-25(18-7-6-14-4-2-3-5-15(14)18)12-16(17)19(23-20)24-10-8-21-9-11-24;1-6-4-2-3-5-6;1-3-2;1-2;2-1-3/h2-5,18,21H,6-13H2,1H3;2-5H2,1H3;1H,2H3;1-2H3;1H. The van der Waals surface area contributed by atoms with Crippen molar-refractivity contribution >= 4 is 23.2 Å². The predicted octanol–water partition coefficient (Wildman–Crippen LogP) is 4.69. The first-order chi connectivity index (χ1) is 19.6. The molecule has 0 amide bonds. The largest absolute Gasteiger partial charge is 0.467 e. The lowest BCUT2D eigenvalue weighted by molar-refractivity contribution is 0.198. The van der Waals surface area contributed by atoms with Gasteiger partial charge < -0.3 is 19.9 Å². The molecule has 4 aliphatic rings. The molecule has 220 valence electrons. The van der Waals surface area contributed by atoms with Crippen molar-refractivity contribution in [1.82, 2.24) is 25.1 Å². The SMILES string of the molecule is C#CC.CC.CN1CCCC1.COc1nc2c(c(N3CCNCC3)n1)CN(C1CCc3ccccc31)C2.O=CCl. The third-order valence-corrected chi connectivity index (χ3v) is 7.24. The zero-order valence-corrected chi connectivity index (χ0v) is 25.7. The minimum atomic E-state index is 0.222. The van der Waals surface area contributed by atoms with Gasteiger partial charge in [0.25, 0.3) is 0 Å². The number of fused-ring (bicyclic) bond motifs is 2. The van der Waals surface area contributed by atoms with Crippen molar-refractivity contribution in [1.29, 1.82) is 0 Å². The quantitative estimate of drug-likeness (QED) is 0.324. The van der Waals surface area contributed by atoms with Crippen LogP contribution in [-0.4, -0.2) is 78.9 Å². The molecule has 6 rings (SSSR count). The Labute approximate surface area is 246 Å². The van der Waals surface area contributed by atoms with E-state index in [4.69, 9.17) is 14.5 Å². The number of hydrogen-bond acceptors (Lipinski definition) is 8. The summed E-state index contributed by atoms with van der Waals surface area (Å²) in [7, 11) is 3.83. The normalized spacial score (nSPS) is 19.0. The average molecular weight is 571 g/mol. The molecule has 1 aliphatic carbocycles. The molecule has 0 spiro atoms. The number of nitrogens with zero attached hydrogens (tertiary/aromatic N) is 5. The third-order valence-electron chi connectivity index (χ3n) is 7.24. The minimum Gasteiger partial charge on any atom is -0.467 e. The van der Waals surface area contributed by atoms with E-state index in [1.165, 1.54) is 55.5 Å². The number of likely N-dealkylation sites (tertiary alicyclic amines) is 1.